The number of halogens is 6. The highest BCUT2D eigenvalue weighted by molar-refractivity contribution is 6.31. The molecule has 2 aliphatic heterocycles. The number of esters is 1. The topological polar surface area (TPSA) is 103 Å². The number of anilines is 2. The number of nitrogens with one attached hydrogen (secondary N) is 1. The first-order valence-corrected chi connectivity index (χ1v) is 14.4. The van der Waals surface area contributed by atoms with Crippen molar-refractivity contribution >= 4 is 40.9 Å². The van der Waals surface area contributed by atoms with E-state index in [4.69, 9.17) is 38.4 Å². The molecule has 0 unspecified atom stereocenters. The van der Waals surface area contributed by atoms with Gasteiger partial charge >= 0.3 is 12.1 Å². The van der Waals surface area contributed by atoms with Crippen LogP contribution in [-0.4, -0.2) is 54.4 Å². The smallest absolute Gasteiger partial charge is 0.429 e. The normalized spacial score (nSPS) is 19.0. The van der Waals surface area contributed by atoms with Crippen molar-refractivity contribution in [3.8, 4) is 17.0 Å². The van der Waals surface area contributed by atoms with Crippen molar-refractivity contribution < 1.29 is 31.8 Å². The molecule has 2 fully saturated rings. The second-order valence-corrected chi connectivity index (χ2v) is 11.5. The summed E-state index contributed by atoms with van der Waals surface area (Å²) >= 11 is 12.0. The summed E-state index contributed by atoms with van der Waals surface area (Å²) in [4.78, 5) is 22.3. The number of ether oxygens (including phenoxy) is 2. The van der Waals surface area contributed by atoms with Crippen LogP contribution in [0, 0.1) is 11.2 Å². The molecular formula is C29H29Cl2F4N5O3. The van der Waals surface area contributed by atoms with Gasteiger partial charge in [0.1, 0.15) is 17.7 Å². The van der Waals surface area contributed by atoms with Crippen molar-refractivity contribution in [1.29, 1.82) is 0 Å². The zero-order chi connectivity index (χ0) is 30.9. The fourth-order valence-corrected chi connectivity index (χ4v) is 6.02. The average molecular weight is 642 g/mol. The maximum Gasteiger partial charge on any atom is 0.429 e. The minimum absolute atomic E-state index is 0.0617. The third-order valence-corrected chi connectivity index (χ3v) is 8.38. The number of benzene rings is 2. The Bertz CT molecular complexity index is 1500. The Hall–Kier alpha value is -3.35. The molecule has 0 saturated carbocycles. The van der Waals surface area contributed by atoms with Crippen LogP contribution < -0.4 is 20.7 Å². The fourth-order valence-electron chi connectivity index (χ4n) is 5.67. The summed E-state index contributed by atoms with van der Waals surface area (Å²) in [7, 11) is 0. The fraction of sp³-hybridized carbons (Fsp3) is 0.414. The summed E-state index contributed by atoms with van der Waals surface area (Å²) in [6.07, 6.45) is -5.24. The molecule has 0 amide bonds. The molecule has 5 rings (SSSR count). The molecule has 14 heteroatoms. The summed E-state index contributed by atoms with van der Waals surface area (Å²) in [6.45, 7) is 3.83. The number of piperidine rings is 1. The zero-order valence-corrected chi connectivity index (χ0v) is 24.6. The molecule has 3 N–H and O–H groups in total. The highest BCUT2D eigenvalue weighted by Gasteiger charge is 2.46. The third-order valence-electron chi connectivity index (χ3n) is 7.85. The van der Waals surface area contributed by atoms with E-state index in [-0.39, 0.29) is 56.0 Å². The predicted molar refractivity (Wildman–Crippen MR) is 155 cm³/mol. The summed E-state index contributed by atoms with van der Waals surface area (Å²) in [5.74, 6) is -1.27. The SMILES string of the molecule is CCOC(=O)[C@@H]1CC2(CCN(c3cc(O[C@H](c4ccc(Cl)cc4-c4ccc(F)c(Cl)c4)C(F)(F)F)nc(N)n3)CC2)CN1. The minimum Gasteiger partial charge on any atom is -0.465 e. The van der Waals surface area contributed by atoms with E-state index in [0.717, 1.165) is 18.9 Å². The van der Waals surface area contributed by atoms with Crippen molar-refractivity contribution in [2.45, 2.75) is 44.5 Å². The molecular weight excluding hydrogens is 613 g/mol. The number of nitrogens with two attached hydrogens (primary N) is 1. The van der Waals surface area contributed by atoms with Crippen molar-refractivity contribution in [3.63, 3.8) is 0 Å². The van der Waals surface area contributed by atoms with Crippen LogP contribution in [0.1, 0.15) is 37.9 Å². The predicted octanol–water partition coefficient (Wildman–Crippen LogP) is 6.37. The summed E-state index contributed by atoms with van der Waals surface area (Å²) in [5, 5.41) is 3.17. The average Bonchev–Trinajstić information content (AvgIpc) is 3.36. The Morgan fingerprint density at radius 1 is 1.16 bits per heavy atom. The molecule has 1 aromatic heterocycles. The number of hydrogen-bond donors (Lipinski definition) is 2. The first-order valence-electron chi connectivity index (χ1n) is 13.7. The van der Waals surface area contributed by atoms with Crippen LogP contribution in [0.25, 0.3) is 11.1 Å². The van der Waals surface area contributed by atoms with Gasteiger partial charge in [-0.1, -0.05) is 35.3 Å². The van der Waals surface area contributed by atoms with Gasteiger partial charge in [-0.3, -0.25) is 4.79 Å². The van der Waals surface area contributed by atoms with Crippen LogP contribution in [0.3, 0.4) is 0 Å². The van der Waals surface area contributed by atoms with E-state index >= 15 is 0 Å². The van der Waals surface area contributed by atoms with E-state index in [2.05, 4.69) is 15.3 Å². The number of aromatic nitrogens is 2. The van der Waals surface area contributed by atoms with E-state index in [1.165, 1.54) is 36.4 Å². The van der Waals surface area contributed by atoms with Gasteiger partial charge in [0.25, 0.3) is 0 Å². The Balaban J connectivity index is 1.38. The van der Waals surface area contributed by atoms with Crippen LogP contribution >= 0.6 is 23.2 Å². The molecule has 2 aliphatic rings. The zero-order valence-electron chi connectivity index (χ0n) is 23.1. The lowest BCUT2D eigenvalue weighted by molar-refractivity contribution is -0.198. The van der Waals surface area contributed by atoms with Gasteiger partial charge in [0.2, 0.25) is 17.9 Å². The summed E-state index contributed by atoms with van der Waals surface area (Å²) < 4.78 is 68.0. The molecule has 0 aliphatic carbocycles. The van der Waals surface area contributed by atoms with Crippen molar-refractivity contribution in [2.24, 2.45) is 5.41 Å². The van der Waals surface area contributed by atoms with Gasteiger partial charge < -0.3 is 25.4 Å². The van der Waals surface area contributed by atoms with Gasteiger partial charge in [-0.15, -0.1) is 0 Å². The quantitative estimate of drug-likeness (QED) is 0.227. The molecule has 2 atom stereocenters. The molecule has 2 saturated heterocycles. The van der Waals surface area contributed by atoms with Crippen LogP contribution in [-0.2, 0) is 9.53 Å². The Morgan fingerprint density at radius 2 is 1.91 bits per heavy atom. The lowest BCUT2D eigenvalue weighted by Crippen LogP contribution is -2.41. The summed E-state index contributed by atoms with van der Waals surface area (Å²) in [6, 6.07) is 8.39. The van der Waals surface area contributed by atoms with Crippen LogP contribution in [0.2, 0.25) is 10.0 Å². The number of carbonyl (C=O) groups excluding carboxylic acids is 1. The molecule has 43 heavy (non-hydrogen) atoms. The maximum atomic E-state index is 14.5. The number of nitrogen functional groups attached to an aromatic ring is 1. The van der Waals surface area contributed by atoms with Crippen LogP contribution in [0.15, 0.2) is 42.5 Å². The molecule has 0 radical (unpaired) electrons. The number of alkyl halides is 3. The number of nitrogens with zero attached hydrogens (tertiary/aromatic N) is 3. The number of rotatable bonds is 7. The van der Waals surface area contributed by atoms with Crippen LogP contribution in [0.4, 0.5) is 29.3 Å². The van der Waals surface area contributed by atoms with Gasteiger partial charge in [-0.25, -0.2) is 4.39 Å². The van der Waals surface area contributed by atoms with Gasteiger partial charge in [-0.05, 0) is 67.0 Å². The molecule has 230 valence electrons. The van der Waals surface area contributed by atoms with Crippen molar-refractivity contribution in [2.75, 3.05) is 36.9 Å². The third kappa shape index (κ3) is 6.91. The van der Waals surface area contributed by atoms with E-state index in [1.807, 2.05) is 4.90 Å². The lowest BCUT2D eigenvalue weighted by Gasteiger charge is -2.39. The second kappa shape index (κ2) is 12.3. The van der Waals surface area contributed by atoms with Crippen LogP contribution in [0.5, 0.6) is 5.88 Å². The largest absolute Gasteiger partial charge is 0.465 e. The van der Waals surface area contributed by atoms with E-state index < -0.39 is 18.1 Å². The van der Waals surface area contributed by atoms with E-state index in [0.29, 0.717) is 38.5 Å². The minimum atomic E-state index is -4.88. The molecule has 8 nitrogen and oxygen atoms in total. The van der Waals surface area contributed by atoms with Gasteiger partial charge in [-0.2, -0.15) is 23.1 Å². The Morgan fingerprint density at radius 3 is 2.58 bits per heavy atom. The Kier molecular flexibility index (Phi) is 8.92. The van der Waals surface area contributed by atoms with E-state index in [1.54, 1.807) is 6.92 Å². The van der Waals surface area contributed by atoms with E-state index in [9.17, 15) is 22.4 Å². The highest BCUT2D eigenvalue weighted by atomic mass is 35.5. The summed E-state index contributed by atoms with van der Waals surface area (Å²) in [5.41, 5.74) is 5.83. The van der Waals surface area contributed by atoms with Gasteiger partial charge in [0, 0.05) is 36.3 Å². The lowest BCUT2D eigenvalue weighted by atomic mass is 9.76. The second-order valence-electron chi connectivity index (χ2n) is 10.7. The standard InChI is InChI=1S/C29H29Cl2F4N5O3/c1-2-42-26(41)22-14-28(15-37-22)7-9-40(10-8-28)23-13-24(39-27(36)38-23)43-25(29(33,34)35)18-5-4-17(30)12-19(18)16-3-6-21(32)20(31)11-16/h3-6,11-13,22,25,37H,2,7-10,14-15H2,1H3,(H2,36,38,39)/t22-,25+/m0/s1. The molecule has 0 bridgehead atoms. The number of hydrogen-bond acceptors (Lipinski definition) is 8. The maximum absolute atomic E-state index is 14.5. The molecule has 3 heterocycles. The molecule has 3 aromatic rings. The highest BCUT2D eigenvalue weighted by Crippen LogP contribution is 2.44. The number of carbonyl (C=O) groups is 1. The first-order chi connectivity index (χ1) is 20.4. The van der Waals surface area contributed by atoms with Gasteiger partial charge in [0.05, 0.1) is 11.6 Å². The monoisotopic (exact) mass is 641 g/mol. The van der Waals surface area contributed by atoms with Gasteiger partial charge in [0.15, 0.2) is 0 Å². The Labute approximate surface area is 255 Å². The molecule has 1 spiro atoms. The van der Waals surface area contributed by atoms with Crippen molar-refractivity contribution in [3.05, 3.63) is 63.9 Å². The first kappa shape index (κ1) is 31.1. The molecule has 2 aromatic carbocycles. The van der Waals surface area contributed by atoms with Crippen molar-refractivity contribution in [1.82, 2.24) is 15.3 Å².